The lowest BCUT2D eigenvalue weighted by atomic mass is 10.0. The van der Waals surface area contributed by atoms with Crippen LogP contribution in [-0.4, -0.2) is 58.0 Å². The highest BCUT2D eigenvalue weighted by molar-refractivity contribution is 5.94. The van der Waals surface area contributed by atoms with Gasteiger partial charge in [-0.05, 0) is 42.5 Å². The zero-order chi connectivity index (χ0) is 26.4. The average molecular weight is 528 g/mol. The van der Waals surface area contributed by atoms with Crippen molar-refractivity contribution in [3.63, 3.8) is 0 Å². The Kier molecular flexibility index (Phi) is 6.33. The number of pyridine rings is 2. The summed E-state index contributed by atoms with van der Waals surface area (Å²) >= 11 is 0. The second-order valence-corrected chi connectivity index (χ2v) is 9.85. The van der Waals surface area contributed by atoms with Crippen LogP contribution in [0.15, 0.2) is 48.7 Å². The summed E-state index contributed by atoms with van der Waals surface area (Å²) in [4.78, 5) is 20.1. The third kappa shape index (κ3) is 5.11. The molecule has 11 heteroatoms. The summed E-state index contributed by atoms with van der Waals surface area (Å²) in [6.45, 7) is 1.01. The SMILES string of the molecule is FC1=C(c2cc(-c3nc(N4CCNC(CC(F)(F)F)C4)c4c(C5CC5)cncc4n3)ccn2)C=CC(F)[CH]1. The highest BCUT2D eigenvalue weighted by Gasteiger charge is 2.35. The van der Waals surface area contributed by atoms with E-state index in [2.05, 4.69) is 15.3 Å². The van der Waals surface area contributed by atoms with Crippen LogP contribution in [0.1, 0.15) is 36.4 Å². The number of piperazine rings is 1. The van der Waals surface area contributed by atoms with Crippen LogP contribution in [0.4, 0.5) is 27.8 Å². The summed E-state index contributed by atoms with van der Waals surface area (Å²) in [6.07, 6.45) is 3.71. The van der Waals surface area contributed by atoms with Crippen molar-refractivity contribution in [1.82, 2.24) is 25.3 Å². The lowest BCUT2D eigenvalue weighted by Crippen LogP contribution is -2.52. The maximum Gasteiger partial charge on any atom is 0.390 e. The van der Waals surface area contributed by atoms with Crippen molar-refractivity contribution < 1.29 is 22.0 Å². The van der Waals surface area contributed by atoms with E-state index >= 15 is 0 Å². The fourth-order valence-electron chi connectivity index (χ4n) is 5.06. The average Bonchev–Trinajstić information content (AvgIpc) is 3.72. The van der Waals surface area contributed by atoms with Crippen molar-refractivity contribution in [3.8, 4) is 11.4 Å². The van der Waals surface area contributed by atoms with Gasteiger partial charge in [0.15, 0.2) is 5.82 Å². The molecule has 1 aliphatic heterocycles. The number of aromatic nitrogens is 4. The summed E-state index contributed by atoms with van der Waals surface area (Å²) in [5.41, 5.74) is 2.59. The number of hydrogen-bond acceptors (Lipinski definition) is 6. The van der Waals surface area contributed by atoms with Crippen LogP contribution in [0.25, 0.3) is 27.9 Å². The van der Waals surface area contributed by atoms with Gasteiger partial charge in [-0.2, -0.15) is 13.2 Å². The Morgan fingerprint density at radius 1 is 1.13 bits per heavy atom. The molecule has 0 spiro atoms. The minimum absolute atomic E-state index is 0.141. The third-order valence-electron chi connectivity index (χ3n) is 6.97. The molecule has 4 heterocycles. The van der Waals surface area contributed by atoms with E-state index in [1.165, 1.54) is 18.3 Å². The lowest BCUT2D eigenvalue weighted by Gasteiger charge is -2.35. The first-order chi connectivity index (χ1) is 18.2. The zero-order valence-electron chi connectivity index (χ0n) is 20.2. The topological polar surface area (TPSA) is 66.8 Å². The summed E-state index contributed by atoms with van der Waals surface area (Å²) in [6, 6.07) is 2.54. The van der Waals surface area contributed by atoms with Crippen LogP contribution in [0.5, 0.6) is 0 Å². The number of hydrogen-bond donors (Lipinski definition) is 1. The van der Waals surface area contributed by atoms with Crippen LogP contribution in [0.2, 0.25) is 0 Å². The fourth-order valence-corrected chi connectivity index (χ4v) is 5.06. The van der Waals surface area contributed by atoms with Crippen LogP contribution in [0.3, 0.4) is 0 Å². The van der Waals surface area contributed by atoms with E-state index in [9.17, 15) is 22.0 Å². The lowest BCUT2D eigenvalue weighted by molar-refractivity contribution is -0.139. The quantitative estimate of drug-likeness (QED) is 0.443. The Morgan fingerprint density at radius 2 is 1.97 bits per heavy atom. The van der Waals surface area contributed by atoms with Gasteiger partial charge in [-0.1, -0.05) is 6.08 Å². The van der Waals surface area contributed by atoms with Crippen molar-refractivity contribution >= 4 is 22.3 Å². The smallest absolute Gasteiger partial charge is 0.353 e. The van der Waals surface area contributed by atoms with E-state index in [-0.39, 0.29) is 12.1 Å². The molecule has 0 amide bonds. The molecule has 197 valence electrons. The van der Waals surface area contributed by atoms with Crippen LogP contribution >= 0.6 is 0 Å². The van der Waals surface area contributed by atoms with Crippen LogP contribution in [-0.2, 0) is 0 Å². The van der Waals surface area contributed by atoms with Crippen molar-refractivity contribution in [1.29, 1.82) is 0 Å². The predicted octanol–water partition coefficient (Wildman–Crippen LogP) is 5.49. The molecule has 2 unspecified atom stereocenters. The molecule has 6 rings (SSSR count). The summed E-state index contributed by atoms with van der Waals surface area (Å²) in [7, 11) is 0. The molecule has 1 saturated heterocycles. The standard InChI is InChI=1S/C27H24F5N6/c28-17-3-4-19(21(29)10-17)22-9-16(5-6-35-22)25-36-23-13-33-12-20(15-1-2-15)24(23)26(37-25)38-8-7-34-18(14-38)11-27(30,31)32/h3-6,9-10,12-13,15,17-18,34H,1-2,7-8,11,14H2. The van der Waals surface area contributed by atoms with Crippen molar-refractivity contribution in [3.05, 3.63) is 66.4 Å². The van der Waals surface area contributed by atoms with Crippen molar-refractivity contribution in [2.75, 3.05) is 24.5 Å². The predicted molar refractivity (Wildman–Crippen MR) is 134 cm³/mol. The molecule has 2 atom stereocenters. The third-order valence-corrected chi connectivity index (χ3v) is 6.97. The zero-order valence-corrected chi connectivity index (χ0v) is 20.2. The second-order valence-electron chi connectivity index (χ2n) is 9.85. The monoisotopic (exact) mass is 527 g/mol. The van der Waals surface area contributed by atoms with E-state index in [0.717, 1.165) is 30.2 Å². The first-order valence-electron chi connectivity index (χ1n) is 12.5. The first kappa shape index (κ1) is 24.8. The van der Waals surface area contributed by atoms with Gasteiger partial charge in [-0.15, -0.1) is 0 Å². The van der Waals surface area contributed by atoms with E-state index in [1.807, 2.05) is 4.90 Å². The Morgan fingerprint density at radius 3 is 2.74 bits per heavy atom. The van der Waals surface area contributed by atoms with Gasteiger partial charge < -0.3 is 10.2 Å². The number of nitrogens with one attached hydrogen (secondary N) is 1. The molecule has 0 bridgehead atoms. The summed E-state index contributed by atoms with van der Waals surface area (Å²) in [5.74, 6) is 0.506. The fraction of sp³-hybridized carbons (Fsp3) is 0.370. The number of anilines is 1. The van der Waals surface area contributed by atoms with Gasteiger partial charge in [0.05, 0.1) is 30.2 Å². The van der Waals surface area contributed by atoms with Gasteiger partial charge in [0, 0.05) is 54.6 Å². The molecule has 1 saturated carbocycles. The molecule has 2 fully saturated rings. The highest BCUT2D eigenvalue weighted by Crippen LogP contribution is 2.45. The van der Waals surface area contributed by atoms with Crippen molar-refractivity contribution in [2.45, 2.75) is 43.6 Å². The number of fused-ring (bicyclic) bond motifs is 1. The minimum Gasteiger partial charge on any atom is -0.353 e. The number of alkyl halides is 4. The largest absolute Gasteiger partial charge is 0.390 e. The van der Waals surface area contributed by atoms with Gasteiger partial charge in [0.25, 0.3) is 0 Å². The molecular formula is C27H24F5N6. The maximum atomic E-state index is 14.5. The maximum absolute atomic E-state index is 14.5. The Labute approximate surface area is 215 Å². The number of halogens is 5. The van der Waals surface area contributed by atoms with Crippen LogP contribution in [0, 0.1) is 6.42 Å². The molecule has 3 aliphatic rings. The van der Waals surface area contributed by atoms with E-state index in [1.54, 1.807) is 24.5 Å². The number of allylic oxidation sites excluding steroid dienone is 4. The number of rotatable bonds is 5. The van der Waals surface area contributed by atoms with Gasteiger partial charge in [-0.25, -0.2) is 18.7 Å². The summed E-state index contributed by atoms with van der Waals surface area (Å²) < 4.78 is 67.5. The highest BCUT2D eigenvalue weighted by atomic mass is 19.4. The second kappa shape index (κ2) is 9.68. The Hall–Kier alpha value is -3.47. The minimum atomic E-state index is -4.28. The molecule has 38 heavy (non-hydrogen) atoms. The molecule has 3 aromatic heterocycles. The van der Waals surface area contributed by atoms with Gasteiger partial charge in [0.2, 0.25) is 0 Å². The van der Waals surface area contributed by atoms with Gasteiger partial charge in [0.1, 0.15) is 17.8 Å². The Balaban J connectivity index is 1.44. The van der Waals surface area contributed by atoms with E-state index in [0.29, 0.717) is 47.4 Å². The Bertz CT molecular complexity index is 1430. The van der Waals surface area contributed by atoms with Crippen LogP contribution < -0.4 is 10.2 Å². The first-order valence-corrected chi connectivity index (χ1v) is 12.5. The normalized spacial score (nSPS) is 22.4. The molecule has 0 aromatic carbocycles. The molecule has 2 aliphatic carbocycles. The molecular weight excluding hydrogens is 503 g/mol. The summed E-state index contributed by atoms with van der Waals surface area (Å²) in [5, 5.41) is 3.77. The van der Waals surface area contributed by atoms with Gasteiger partial charge in [-0.3, -0.25) is 9.97 Å². The van der Waals surface area contributed by atoms with Gasteiger partial charge >= 0.3 is 6.18 Å². The van der Waals surface area contributed by atoms with Crippen molar-refractivity contribution in [2.24, 2.45) is 0 Å². The molecule has 1 N–H and O–H groups in total. The van der Waals surface area contributed by atoms with E-state index < -0.39 is 30.6 Å². The van der Waals surface area contributed by atoms with E-state index in [4.69, 9.17) is 9.97 Å². The molecule has 1 radical (unpaired) electrons. The number of nitrogens with zero attached hydrogens (tertiary/aromatic N) is 5. The molecule has 6 nitrogen and oxygen atoms in total. The molecule has 3 aromatic rings.